The van der Waals surface area contributed by atoms with E-state index in [2.05, 4.69) is 15.2 Å². The van der Waals surface area contributed by atoms with Gasteiger partial charge in [-0.2, -0.15) is 0 Å². The van der Waals surface area contributed by atoms with Gasteiger partial charge in [-0.15, -0.1) is 0 Å². The van der Waals surface area contributed by atoms with Gasteiger partial charge < -0.3 is 29.5 Å². The number of carbonyl (C=O) groups is 1. The molecule has 1 atom stereocenters. The van der Waals surface area contributed by atoms with E-state index in [-0.39, 0.29) is 5.97 Å². The van der Waals surface area contributed by atoms with Crippen molar-refractivity contribution >= 4 is 22.9 Å². The van der Waals surface area contributed by atoms with Crippen LogP contribution in [-0.4, -0.2) is 71.4 Å². The summed E-state index contributed by atoms with van der Waals surface area (Å²) in [7, 11) is 0. The molecule has 206 valence electrons. The summed E-state index contributed by atoms with van der Waals surface area (Å²) in [6, 6.07) is 10.1. The summed E-state index contributed by atoms with van der Waals surface area (Å²) < 4.78 is 16.2. The van der Waals surface area contributed by atoms with Crippen molar-refractivity contribution in [2.75, 3.05) is 39.5 Å². The number of hydrogen-bond acceptors (Lipinski definition) is 9. The zero-order valence-electron chi connectivity index (χ0n) is 22.6. The number of fused-ring (bicyclic) bond motifs is 2. The lowest BCUT2D eigenvalue weighted by Crippen LogP contribution is -2.43. The van der Waals surface area contributed by atoms with Gasteiger partial charge in [-0.3, -0.25) is 9.97 Å². The van der Waals surface area contributed by atoms with Crippen LogP contribution in [0.2, 0.25) is 0 Å². The highest BCUT2D eigenvalue weighted by Gasteiger charge is 2.23. The molecule has 4 heterocycles. The van der Waals surface area contributed by atoms with E-state index >= 15 is 0 Å². The number of nitrogens with zero attached hydrogens (tertiary/aromatic N) is 3. The van der Waals surface area contributed by atoms with Gasteiger partial charge >= 0.3 is 5.97 Å². The van der Waals surface area contributed by atoms with E-state index in [0.29, 0.717) is 44.7 Å². The number of pyridine rings is 2. The van der Waals surface area contributed by atoms with E-state index in [0.717, 1.165) is 65.1 Å². The number of piperidine rings is 1. The van der Waals surface area contributed by atoms with Gasteiger partial charge in [-0.05, 0) is 57.5 Å². The second-order valence-electron chi connectivity index (χ2n) is 9.97. The van der Waals surface area contributed by atoms with Crippen LogP contribution in [0, 0.1) is 6.92 Å². The smallest absolute Gasteiger partial charge is 0.330 e. The highest BCUT2D eigenvalue weighted by atomic mass is 16.6. The molecular formula is C30H36N4O5. The van der Waals surface area contributed by atoms with Crippen molar-refractivity contribution < 1.29 is 24.1 Å². The minimum absolute atomic E-state index is 0.334. The molecule has 0 saturated carbocycles. The van der Waals surface area contributed by atoms with E-state index < -0.39 is 6.10 Å². The molecule has 2 aliphatic rings. The number of aryl methyl sites for hydroxylation is 1. The lowest BCUT2D eigenvalue weighted by atomic mass is 9.98. The summed E-state index contributed by atoms with van der Waals surface area (Å²) in [6.07, 6.45) is 6.22. The first kappa shape index (κ1) is 27.1. The van der Waals surface area contributed by atoms with Gasteiger partial charge in [0.1, 0.15) is 13.2 Å². The van der Waals surface area contributed by atoms with Gasteiger partial charge in [0, 0.05) is 47.9 Å². The number of aliphatic hydroxyl groups excluding tert-OH is 1. The number of esters is 1. The normalized spacial score (nSPS) is 17.0. The molecule has 5 rings (SSSR count). The Morgan fingerprint density at radius 3 is 2.79 bits per heavy atom. The molecule has 0 spiro atoms. The third-order valence-corrected chi connectivity index (χ3v) is 7.18. The van der Waals surface area contributed by atoms with Gasteiger partial charge in [-0.1, -0.05) is 18.2 Å². The van der Waals surface area contributed by atoms with Crippen molar-refractivity contribution in [3.05, 3.63) is 65.1 Å². The van der Waals surface area contributed by atoms with E-state index in [1.54, 1.807) is 19.2 Å². The Balaban J connectivity index is 1.18. The van der Waals surface area contributed by atoms with E-state index in [9.17, 15) is 9.90 Å². The van der Waals surface area contributed by atoms with Gasteiger partial charge in [0.25, 0.3) is 0 Å². The lowest BCUT2D eigenvalue weighted by Gasteiger charge is -2.33. The molecule has 1 fully saturated rings. The molecule has 2 aromatic heterocycles. The highest BCUT2D eigenvalue weighted by Crippen LogP contribution is 2.30. The number of β-amino-alcohol motifs (C(OH)–C–C–N with tert-alkyl or cyclic N) is 1. The predicted molar refractivity (Wildman–Crippen MR) is 149 cm³/mol. The molecule has 39 heavy (non-hydrogen) atoms. The maximum atomic E-state index is 11.8. The average molecular weight is 533 g/mol. The Kier molecular flexibility index (Phi) is 8.71. The van der Waals surface area contributed by atoms with Crippen LogP contribution in [0.15, 0.2) is 42.6 Å². The van der Waals surface area contributed by atoms with Crippen molar-refractivity contribution in [2.45, 2.75) is 45.4 Å². The highest BCUT2D eigenvalue weighted by molar-refractivity contribution is 5.94. The standard InChI is InChI=1S/C30H36N4O5/c1-3-37-29(36)9-6-21-5-8-25(30-24(21)7-4-20(2)33-30)26(35)19-34-12-10-22(11-13-34)31-17-23-16-27-28(18-32-23)39-15-14-38-27/h4-9,16,18,22,26,31,35H,3,10-15,17,19H2,1-2H3/b9-6+. The number of benzene rings is 1. The molecule has 9 heteroatoms. The van der Waals surface area contributed by atoms with Crippen molar-refractivity contribution in [2.24, 2.45) is 0 Å². The Bertz CT molecular complexity index is 1340. The van der Waals surface area contributed by atoms with Crippen LogP contribution in [0.4, 0.5) is 0 Å². The molecule has 9 nitrogen and oxygen atoms in total. The zero-order chi connectivity index (χ0) is 27.2. The quantitative estimate of drug-likeness (QED) is 0.316. The summed E-state index contributed by atoms with van der Waals surface area (Å²) >= 11 is 0. The number of nitrogens with one attached hydrogen (secondary N) is 1. The van der Waals surface area contributed by atoms with Crippen LogP contribution < -0.4 is 14.8 Å². The molecule has 1 aromatic carbocycles. The van der Waals surface area contributed by atoms with Crippen LogP contribution in [-0.2, 0) is 16.1 Å². The fourth-order valence-corrected chi connectivity index (χ4v) is 5.12. The average Bonchev–Trinajstić information content (AvgIpc) is 2.95. The van der Waals surface area contributed by atoms with Crippen molar-refractivity contribution in [1.29, 1.82) is 0 Å². The van der Waals surface area contributed by atoms with E-state index in [1.165, 1.54) is 6.08 Å². The number of aliphatic hydroxyl groups is 1. The molecule has 2 aliphatic heterocycles. The van der Waals surface area contributed by atoms with E-state index in [4.69, 9.17) is 19.2 Å². The summed E-state index contributed by atoms with van der Waals surface area (Å²) in [6.45, 7) is 8.19. The van der Waals surface area contributed by atoms with Gasteiger partial charge in [0.2, 0.25) is 0 Å². The summed E-state index contributed by atoms with van der Waals surface area (Å²) in [4.78, 5) is 23.3. The Morgan fingerprint density at radius 2 is 2.00 bits per heavy atom. The second kappa shape index (κ2) is 12.5. The van der Waals surface area contributed by atoms with Crippen molar-refractivity contribution in [3.63, 3.8) is 0 Å². The Hall–Kier alpha value is -3.53. The number of hydrogen-bond donors (Lipinski definition) is 2. The first-order valence-electron chi connectivity index (χ1n) is 13.6. The molecule has 0 radical (unpaired) electrons. The van der Waals surface area contributed by atoms with Gasteiger partial charge in [0.05, 0.1) is 30.1 Å². The largest absolute Gasteiger partial charge is 0.486 e. The molecule has 1 saturated heterocycles. The van der Waals surface area contributed by atoms with Crippen LogP contribution in [0.3, 0.4) is 0 Å². The number of ether oxygens (including phenoxy) is 3. The number of likely N-dealkylation sites (tertiary alicyclic amines) is 1. The fraction of sp³-hybridized carbons (Fsp3) is 0.433. The van der Waals surface area contributed by atoms with Crippen LogP contribution in [0.5, 0.6) is 11.5 Å². The predicted octanol–water partition coefficient (Wildman–Crippen LogP) is 3.57. The third-order valence-electron chi connectivity index (χ3n) is 7.18. The molecular weight excluding hydrogens is 496 g/mol. The first-order chi connectivity index (χ1) is 19.0. The molecule has 3 aromatic rings. The Morgan fingerprint density at radius 1 is 1.21 bits per heavy atom. The molecule has 1 unspecified atom stereocenters. The topological polar surface area (TPSA) is 106 Å². The molecule has 0 aliphatic carbocycles. The Labute approximate surface area is 228 Å². The van der Waals surface area contributed by atoms with Crippen molar-refractivity contribution in [1.82, 2.24) is 20.2 Å². The number of aromatic nitrogens is 2. The molecule has 0 amide bonds. The first-order valence-corrected chi connectivity index (χ1v) is 13.6. The van der Waals surface area contributed by atoms with Gasteiger partial charge in [0.15, 0.2) is 11.5 Å². The minimum atomic E-state index is -0.670. The monoisotopic (exact) mass is 532 g/mol. The molecule has 0 bridgehead atoms. The summed E-state index contributed by atoms with van der Waals surface area (Å²) in [5.74, 6) is 1.09. The second-order valence-corrected chi connectivity index (χ2v) is 9.97. The fourth-order valence-electron chi connectivity index (χ4n) is 5.12. The summed E-state index contributed by atoms with van der Waals surface area (Å²) in [5.41, 5.74) is 4.24. The van der Waals surface area contributed by atoms with Crippen LogP contribution >= 0.6 is 0 Å². The van der Waals surface area contributed by atoms with Crippen LogP contribution in [0.1, 0.15) is 48.4 Å². The molecule has 2 N–H and O–H groups in total. The van der Waals surface area contributed by atoms with Crippen LogP contribution in [0.25, 0.3) is 17.0 Å². The summed E-state index contributed by atoms with van der Waals surface area (Å²) in [5, 5.41) is 15.7. The third kappa shape index (κ3) is 6.73. The number of rotatable bonds is 9. The van der Waals surface area contributed by atoms with Gasteiger partial charge in [-0.25, -0.2) is 4.79 Å². The van der Waals surface area contributed by atoms with E-state index in [1.807, 2.05) is 37.3 Å². The SMILES string of the molecule is CCOC(=O)/C=C/c1ccc(C(O)CN2CCC(NCc3cc4c(cn3)OCCO4)CC2)c2nc(C)ccc12. The lowest BCUT2D eigenvalue weighted by molar-refractivity contribution is -0.137. The minimum Gasteiger partial charge on any atom is -0.486 e. The van der Waals surface area contributed by atoms with Crippen molar-refractivity contribution in [3.8, 4) is 11.5 Å². The maximum Gasteiger partial charge on any atom is 0.330 e. The zero-order valence-corrected chi connectivity index (χ0v) is 22.6. The number of carbonyl (C=O) groups excluding carboxylic acids is 1. The maximum absolute atomic E-state index is 11.8.